The zero-order valence-corrected chi connectivity index (χ0v) is 17.8. The molecule has 0 fully saturated rings. The molecule has 30 heavy (non-hydrogen) atoms. The van der Waals surface area contributed by atoms with E-state index >= 15 is 0 Å². The lowest BCUT2D eigenvalue weighted by atomic mass is 10.1. The highest BCUT2D eigenvalue weighted by Crippen LogP contribution is 2.36. The molecule has 10 heteroatoms. The number of aromatic nitrogens is 6. The molecule has 5 aromatic rings. The molecule has 0 aliphatic rings. The van der Waals surface area contributed by atoms with Gasteiger partial charge in [-0.2, -0.15) is 5.10 Å². The number of benzene rings is 2. The predicted molar refractivity (Wildman–Crippen MR) is 116 cm³/mol. The standard InChI is InChI=1S/C20H13Cl3N6O/c1-28-19-14(8-25-28)20-26-18(27-29(20)10-24-19)12-4-2-3-11(5-12)9-30-17-15(22)6-13(21)7-16(17)23/h2-8,10H,9H2,1H3. The van der Waals surface area contributed by atoms with E-state index in [-0.39, 0.29) is 6.61 Å². The second kappa shape index (κ2) is 7.43. The average molecular weight is 460 g/mol. The number of rotatable bonds is 4. The third-order valence-electron chi connectivity index (χ3n) is 4.60. The topological polar surface area (TPSA) is 70.1 Å². The molecule has 0 bridgehead atoms. The van der Waals surface area contributed by atoms with Crippen LogP contribution >= 0.6 is 34.8 Å². The Morgan fingerprint density at radius 3 is 2.63 bits per heavy atom. The summed E-state index contributed by atoms with van der Waals surface area (Å²) in [6.07, 6.45) is 3.37. The summed E-state index contributed by atoms with van der Waals surface area (Å²) in [4.78, 5) is 9.07. The van der Waals surface area contributed by atoms with E-state index in [2.05, 4.69) is 20.2 Å². The molecule has 0 N–H and O–H groups in total. The van der Waals surface area contributed by atoms with Crippen molar-refractivity contribution in [1.29, 1.82) is 0 Å². The van der Waals surface area contributed by atoms with E-state index in [1.807, 2.05) is 31.3 Å². The van der Waals surface area contributed by atoms with Gasteiger partial charge < -0.3 is 4.74 Å². The van der Waals surface area contributed by atoms with Gasteiger partial charge in [-0.15, -0.1) is 5.10 Å². The molecule has 0 aliphatic heterocycles. The quantitative estimate of drug-likeness (QED) is 0.369. The fourth-order valence-electron chi connectivity index (χ4n) is 3.18. The number of aryl methyl sites for hydroxylation is 1. The largest absolute Gasteiger partial charge is 0.486 e. The van der Waals surface area contributed by atoms with Crippen LogP contribution in [0.1, 0.15) is 5.56 Å². The Labute approximate surface area is 185 Å². The molecule has 0 unspecified atom stereocenters. The predicted octanol–water partition coefficient (Wildman–Crippen LogP) is 5.22. The van der Waals surface area contributed by atoms with Crippen molar-refractivity contribution in [1.82, 2.24) is 29.4 Å². The third kappa shape index (κ3) is 3.35. The van der Waals surface area contributed by atoms with E-state index in [4.69, 9.17) is 39.5 Å². The highest BCUT2D eigenvalue weighted by Gasteiger charge is 2.14. The molecule has 3 aromatic heterocycles. The smallest absolute Gasteiger partial charge is 0.182 e. The molecular weight excluding hydrogens is 447 g/mol. The molecule has 7 nitrogen and oxygen atoms in total. The maximum Gasteiger partial charge on any atom is 0.182 e. The Morgan fingerprint density at radius 2 is 1.83 bits per heavy atom. The minimum atomic E-state index is 0.274. The molecule has 0 atom stereocenters. The molecular formula is C20H13Cl3N6O. The maximum atomic E-state index is 6.19. The first kappa shape index (κ1) is 19.1. The fourth-order valence-corrected chi connectivity index (χ4v) is 4.11. The summed E-state index contributed by atoms with van der Waals surface area (Å²) >= 11 is 18.3. The number of halogens is 3. The van der Waals surface area contributed by atoms with Crippen molar-refractivity contribution < 1.29 is 4.74 Å². The van der Waals surface area contributed by atoms with E-state index in [1.54, 1.807) is 33.9 Å². The second-order valence-electron chi connectivity index (χ2n) is 6.64. The van der Waals surface area contributed by atoms with Crippen molar-refractivity contribution in [2.75, 3.05) is 0 Å². The molecule has 0 amide bonds. The van der Waals surface area contributed by atoms with Gasteiger partial charge in [0.15, 0.2) is 22.9 Å². The molecule has 0 spiro atoms. The Hall–Kier alpha value is -2.87. The molecule has 3 heterocycles. The average Bonchev–Trinajstić information content (AvgIpc) is 3.31. The van der Waals surface area contributed by atoms with Crippen LogP contribution in [0.5, 0.6) is 5.75 Å². The number of hydrogen-bond donors (Lipinski definition) is 0. The van der Waals surface area contributed by atoms with E-state index in [0.717, 1.165) is 22.2 Å². The second-order valence-corrected chi connectivity index (χ2v) is 7.89. The zero-order chi connectivity index (χ0) is 20.8. The van der Waals surface area contributed by atoms with Crippen molar-refractivity contribution >= 4 is 51.5 Å². The van der Waals surface area contributed by atoms with Crippen molar-refractivity contribution in [3.8, 4) is 17.1 Å². The van der Waals surface area contributed by atoms with E-state index in [0.29, 0.717) is 32.3 Å². The SMILES string of the molecule is Cn1ncc2c1ncn1nc(-c3cccc(COc4c(Cl)cc(Cl)cc4Cl)c3)nc21. The lowest BCUT2D eigenvalue weighted by molar-refractivity contribution is 0.306. The van der Waals surface area contributed by atoms with Gasteiger partial charge in [0.25, 0.3) is 0 Å². The van der Waals surface area contributed by atoms with Crippen LogP contribution in [0.3, 0.4) is 0 Å². The normalized spacial score (nSPS) is 11.5. The van der Waals surface area contributed by atoms with Crippen LogP contribution in [0.4, 0.5) is 0 Å². The molecule has 0 saturated carbocycles. The van der Waals surface area contributed by atoms with Gasteiger partial charge in [0.2, 0.25) is 0 Å². The van der Waals surface area contributed by atoms with Crippen molar-refractivity contribution in [3.05, 3.63) is 69.6 Å². The molecule has 2 aromatic carbocycles. The van der Waals surface area contributed by atoms with Crippen molar-refractivity contribution in [2.45, 2.75) is 6.61 Å². The van der Waals surface area contributed by atoms with Crippen LogP contribution in [0.2, 0.25) is 15.1 Å². The fraction of sp³-hybridized carbons (Fsp3) is 0.100. The lowest BCUT2D eigenvalue weighted by Gasteiger charge is -2.11. The summed E-state index contributed by atoms with van der Waals surface area (Å²) in [5.74, 6) is 0.974. The number of fused-ring (bicyclic) bond motifs is 3. The minimum absolute atomic E-state index is 0.274. The van der Waals surface area contributed by atoms with Crippen LogP contribution in [-0.4, -0.2) is 29.4 Å². The van der Waals surface area contributed by atoms with Gasteiger partial charge in [-0.3, -0.25) is 4.68 Å². The lowest BCUT2D eigenvalue weighted by Crippen LogP contribution is -1.97. The van der Waals surface area contributed by atoms with Crippen molar-refractivity contribution in [3.63, 3.8) is 0 Å². The van der Waals surface area contributed by atoms with Gasteiger partial charge in [0.05, 0.1) is 21.6 Å². The monoisotopic (exact) mass is 458 g/mol. The van der Waals surface area contributed by atoms with E-state index in [9.17, 15) is 0 Å². The van der Waals surface area contributed by atoms with Gasteiger partial charge >= 0.3 is 0 Å². The molecule has 0 saturated heterocycles. The van der Waals surface area contributed by atoms with Crippen LogP contribution in [0, 0.1) is 0 Å². The molecule has 0 radical (unpaired) electrons. The summed E-state index contributed by atoms with van der Waals surface area (Å²) in [5, 5.41) is 10.8. The summed E-state index contributed by atoms with van der Waals surface area (Å²) in [5.41, 5.74) is 3.22. The van der Waals surface area contributed by atoms with E-state index < -0.39 is 0 Å². The van der Waals surface area contributed by atoms with Gasteiger partial charge in [0, 0.05) is 17.6 Å². The zero-order valence-electron chi connectivity index (χ0n) is 15.6. The Morgan fingerprint density at radius 1 is 1.03 bits per heavy atom. The Kier molecular flexibility index (Phi) is 4.73. The first-order chi connectivity index (χ1) is 14.5. The van der Waals surface area contributed by atoms with Gasteiger partial charge in [0.1, 0.15) is 12.9 Å². The Balaban J connectivity index is 1.46. The highest BCUT2D eigenvalue weighted by atomic mass is 35.5. The summed E-state index contributed by atoms with van der Waals surface area (Å²) in [7, 11) is 1.84. The number of nitrogens with zero attached hydrogens (tertiary/aromatic N) is 6. The van der Waals surface area contributed by atoms with Crippen LogP contribution in [0.15, 0.2) is 48.9 Å². The molecule has 0 aliphatic carbocycles. The van der Waals surface area contributed by atoms with Gasteiger partial charge in [-0.05, 0) is 23.8 Å². The third-order valence-corrected chi connectivity index (χ3v) is 5.38. The number of ether oxygens (including phenoxy) is 1. The Bertz CT molecular complexity index is 1390. The van der Waals surface area contributed by atoms with E-state index in [1.165, 1.54) is 0 Å². The maximum absolute atomic E-state index is 6.19. The van der Waals surface area contributed by atoms with Crippen molar-refractivity contribution in [2.24, 2.45) is 7.05 Å². The summed E-state index contributed by atoms with van der Waals surface area (Å²) in [6.45, 7) is 0.274. The highest BCUT2D eigenvalue weighted by molar-refractivity contribution is 6.40. The summed E-state index contributed by atoms with van der Waals surface area (Å²) < 4.78 is 9.18. The first-order valence-corrected chi connectivity index (χ1v) is 10.0. The van der Waals surface area contributed by atoms with Gasteiger partial charge in [-0.1, -0.05) is 53.0 Å². The molecule has 150 valence electrons. The van der Waals surface area contributed by atoms with Crippen LogP contribution in [-0.2, 0) is 13.7 Å². The minimum Gasteiger partial charge on any atom is -0.486 e. The van der Waals surface area contributed by atoms with Gasteiger partial charge in [-0.25, -0.2) is 14.5 Å². The first-order valence-electron chi connectivity index (χ1n) is 8.89. The summed E-state index contributed by atoms with van der Waals surface area (Å²) in [6, 6.07) is 10.9. The number of hydrogen-bond acceptors (Lipinski definition) is 5. The van der Waals surface area contributed by atoms with Crippen LogP contribution in [0.25, 0.3) is 28.1 Å². The molecule has 5 rings (SSSR count). The van der Waals surface area contributed by atoms with Crippen LogP contribution < -0.4 is 4.74 Å².